The van der Waals surface area contributed by atoms with E-state index in [9.17, 15) is 0 Å². The van der Waals surface area contributed by atoms with Crippen molar-refractivity contribution in [2.75, 3.05) is 19.0 Å². The van der Waals surface area contributed by atoms with Crippen molar-refractivity contribution < 1.29 is 0 Å². The number of rotatable bonds is 3. The highest BCUT2D eigenvalue weighted by Gasteiger charge is 2.09. The van der Waals surface area contributed by atoms with Gasteiger partial charge in [0.1, 0.15) is 5.82 Å². The first-order valence-corrected chi connectivity index (χ1v) is 5.78. The van der Waals surface area contributed by atoms with Crippen molar-refractivity contribution in [1.82, 2.24) is 14.8 Å². The molecule has 2 aromatic rings. The summed E-state index contributed by atoms with van der Waals surface area (Å²) in [6, 6.07) is 4.13. The maximum absolute atomic E-state index is 4.43. The Kier molecular flexibility index (Phi) is 3.13. The Hall–Kier alpha value is -1.84. The van der Waals surface area contributed by atoms with Crippen molar-refractivity contribution in [1.29, 1.82) is 0 Å². The van der Waals surface area contributed by atoms with Gasteiger partial charge in [-0.15, -0.1) is 0 Å². The van der Waals surface area contributed by atoms with Crippen LogP contribution in [0.4, 0.5) is 5.82 Å². The van der Waals surface area contributed by atoms with E-state index in [0.717, 1.165) is 17.8 Å². The van der Waals surface area contributed by atoms with Crippen LogP contribution in [0.15, 0.2) is 24.5 Å². The molecular weight excluding hydrogens is 212 g/mol. The van der Waals surface area contributed by atoms with E-state index in [1.165, 1.54) is 11.3 Å². The zero-order valence-corrected chi connectivity index (χ0v) is 10.8. The molecule has 0 N–H and O–H groups in total. The predicted octanol–water partition coefficient (Wildman–Crippen LogP) is 2.11. The van der Waals surface area contributed by atoms with Gasteiger partial charge >= 0.3 is 0 Å². The van der Waals surface area contributed by atoms with Gasteiger partial charge in [0.2, 0.25) is 0 Å². The molecule has 4 heteroatoms. The number of anilines is 1. The van der Waals surface area contributed by atoms with Crippen LogP contribution in [0.2, 0.25) is 0 Å². The summed E-state index contributed by atoms with van der Waals surface area (Å²) < 4.78 is 1.93. The van der Waals surface area contributed by atoms with Gasteiger partial charge in [-0.3, -0.25) is 4.68 Å². The molecule has 2 aromatic heterocycles. The molecule has 0 radical (unpaired) electrons. The minimum atomic E-state index is 0.968. The maximum atomic E-state index is 4.43. The highest BCUT2D eigenvalue weighted by atomic mass is 15.3. The Morgan fingerprint density at radius 2 is 2.00 bits per heavy atom. The Bertz CT molecular complexity index is 497. The zero-order valence-electron chi connectivity index (χ0n) is 10.8. The molecule has 2 rings (SSSR count). The van der Waals surface area contributed by atoms with E-state index in [1.54, 1.807) is 0 Å². The number of hydrogen-bond acceptors (Lipinski definition) is 3. The molecule has 0 fully saturated rings. The van der Waals surface area contributed by atoms with E-state index in [-0.39, 0.29) is 0 Å². The first-order chi connectivity index (χ1) is 8.13. The molecule has 0 amide bonds. The quantitative estimate of drug-likeness (QED) is 0.810. The predicted molar refractivity (Wildman–Crippen MR) is 70.1 cm³/mol. The molecule has 17 heavy (non-hydrogen) atoms. The monoisotopic (exact) mass is 230 g/mol. The fraction of sp³-hybridized carbons (Fsp3) is 0.385. The van der Waals surface area contributed by atoms with Gasteiger partial charge in [-0.25, -0.2) is 4.98 Å². The summed E-state index contributed by atoms with van der Waals surface area (Å²) in [5.41, 5.74) is 3.54. The third-order valence-corrected chi connectivity index (χ3v) is 2.91. The number of pyridine rings is 1. The van der Waals surface area contributed by atoms with Gasteiger partial charge in [0.05, 0.1) is 6.20 Å². The van der Waals surface area contributed by atoms with Crippen LogP contribution in [-0.2, 0) is 13.5 Å². The largest absolute Gasteiger partial charge is 0.363 e. The fourth-order valence-electron chi connectivity index (χ4n) is 1.93. The minimum absolute atomic E-state index is 0.968. The van der Waals surface area contributed by atoms with Crippen LogP contribution in [0.1, 0.15) is 12.6 Å². The van der Waals surface area contributed by atoms with E-state index in [2.05, 4.69) is 23.1 Å². The molecule has 0 aliphatic carbocycles. The Morgan fingerprint density at radius 1 is 1.24 bits per heavy atom. The molecule has 0 bridgehead atoms. The normalized spacial score (nSPS) is 10.6. The third kappa shape index (κ3) is 2.16. The molecule has 0 atom stereocenters. The summed E-state index contributed by atoms with van der Waals surface area (Å²) in [5, 5.41) is 4.30. The van der Waals surface area contributed by atoms with Gasteiger partial charge in [-0.1, -0.05) is 6.92 Å². The second kappa shape index (κ2) is 4.57. The first-order valence-electron chi connectivity index (χ1n) is 5.78. The topological polar surface area (TPSA) is 34.0 Å². The van der Waals surface area contributed by atoms with Crippen LogP contribution >= 0.6 is 0 Å². The van der Waals surface area contributed by atoms with Crippen molar-refractivity contribution in [3.8, 4) is 11.1 Å². The van der Waals surface area contributed by atoms with Crippen LogP contribution < -0.4 is 4.90 Å². The van der Waals surface area contributed by atoms with E-state index in [1.807, 2.05) is 49.2 Å². The van der Waals surface area contributed by atoms with Gasteiger partial charge in [-0.2, -0.15) is 5.10 Å². The van der Waals surface area contributed by atoms with Crippen molar-refractivity contribution >= 4 is 5.82 Å². The van der Waals surface area contributed by atoms with Crippen LogP contribution in [-0.4, -0.2) is 28.9 Å². The molecular formula is C13H18N4. The summed E-state index contributed by atoms with van der Waals surface area (Å²) in [6.45, 7) is 2.14. The average Bonchev–Trinajstić information content (AvgIpc) is 2.70. The summed E-state index contributed by atoms with van der Waals surface area (Å²) in [7, 11) is 5.96. The number of hydrogen-bond donors (Lipinski definition) is 0. The van der Waals surface area contributed by atoms with Gasteiger partial charge in [0.15, 0.2) is 0 Å². The number of aryl methyl sites for hydroxylation is 1. The smallest absolute Gasteiger partial charge is 0.127 e. The van der Waals surface area contributed by atoms with Crippen molar-refractivity contribution in [3.05, 3.63) is 30.2 Å². The van der Waals surface area contributed by atoms with E-state index in [0.29, 0.717) is 0 Å². The Balaban J connectivity index is 2.39. The lowest BCUT2D eigenvalue weighted by Gasteiger charge is -2.11. The molecule has 0 saturated carbocycles. The highest BCUT2D eigenvalue weighted by molar-refractivity contribution is 5.65. The van der Waals surface area contributed by atoms with Crippen molar-refractivity contribution in [2.24, 2.45) is 7.05 Å². The van der Waals surface area contributed by atoms with Crippen LogP contribution in [0.25, 0.3) is 11.1 Å². The zero-order chi connectivity index (χ0) is 12.4. The van der Waals surface area contributed by atoms with Gasteiger partial charge in [0.25, 0.3) is 0 Å². The third-order valence-electron chi connectivity index (χ3n) is 2.91. The van der Waals surface area contributed by atoms with Gasteiger partial charge < -0.3 is 4.90 Å². The molecule has 0 aliphatic heterocycles. The molecule has 0 spiro atoms. The van der Waals surface area contributed by atoms with Crippen molar-refractivity contribution in [3.63, 3.8) is 0 Å². The van der Waals surface area contributed by atoms with Crippen LogP contribution in [0.3, 0.4) is 0 Å². The molecule has 4 nitrogen and oxygen atoms in total. The summed E-state index contributed by atoms with van der Waals surface area (Å²) in [5.74, 6) is 0.968. The maximum Gasteiger partial charge on any atom is 0.127 e. The van der Waals surface area contributed by atoms with Gasteiger partial charge in [-0.05, 0) is 18.6 Å². The van der Waals surface area contributed by atoms with E-state index in [4.69, 9.17) is 0 Å². The highest BCUT2D eigenvalue weighted by Crippen LogP contribution is 2.24. The second-order valence-corrected chi connectivity index (χ2v) is 4.28. The lowest BCUT2D eigenvalue weighted by molar-refractivity contribution is 0.718. The summed E-state index contributed by atoms with van der Waals surface area (Å²) in [4.78, 5) is 6.42. The molecule has 90 valence electrons. The molecule has 0 aromatic carbocycles. The summed E-state index contributed by atoms with van der Waals surface area (Å²) >= 11 is 0. The van der Waals surface area contributed by atoms with E-state index >= 15 is 0 Å². The van der Waals surface area contributed by atoms with E-state index < -0.39 is 0 Å². The summed E-state index contributed by atoms with van der Waals surface area (Å²) in [6.07, 6.45) is 4.79. The Morgan fingerprint density at radius 3 is 2.53 bits per heavy atom. The van der Waals surface area contributed by atoms with Crippen LogP contribution in [0, 0.1) is 0 Å². The number of aromatic nitrogens is 3. The fourth-order valence-corrected chi connectivity index (χ4v) is 1.93. The Labute approximate surface area is 102 Å². The minimum Gasteiger partial charge on any atom is -0.363 e. The standard InChI is InChI=1S/C13H18N4/c1-5-12-11(9-15-17(12)4)10-6-7-13(14-8-10)16(2)3/h6-9H,5H2,1-4H3. The molecule has 0 saturated heterocycles. The average molecular weight is 230 g/mol. The molecule has 0 aliphatic rings. The lowest BCUT2D eigenvalue weighted by atomic mass is 10.1. The van der Waals surface area contributed by atoms with Gasteiger partial charge in [0, 0.05) is 44.2 Å². The lowest BCUT2D eigenvalue weighted by Crippen LogP contribution is -2.10. The first kappa shape index (κ1) is 11.6. The van der Waals surface area contributed by atoms with Crippen molar-refractivity contribution in [2.45, 2.75) is 13.3 Å². The molecule has 0 unspecified atom stereocenters. The van der Waals surface area contributed by atoms with Crippen LogP contribution in [0.5, 0.6) is 0 Å². The second-order valence-electron chi connectivity index (χ2n) is 4.28. The number of nitrogens with zero attached hydrogens (tertiary/aromatic N) is 4. The molecule has 2 heterocycles. The SMILES string of the molecule is CCc1c(-c2ccc(N(C)C)nc2)cnn1C.